The second-order valence-corrected chi connectivity index (χ2v) is 5.30. The lowest BCUT2D eigenvalue weighted by atomic mass is 10.0. The Morgan fingerprint density at radius 3 is 2.06 bits per heavy atom. The van der Waals surface area contributed by atoms with Crippen molar-refractivity contribution < 1.29 is 4.74 Å². The first kappa shape index (κ1) is 17.9. The number of hydrogen-bond acceptors (Lipinski definition) is 2. The molecule has 1 N–H and O–H groups in total. The highest BCUT2D eigenvalue weighted by atomic mass is 16.5. The minimum absolute atomic E-state index is 0.709. The summed E-state index contributed by atoms with van der Waals surface area (Å²) in [6.07, 6.45) is 13.6. The maximum absolute atomic E-state index is 5.12. The Kier molecular flexibility index (Phi) is 14.9. The van der Waals surface area contributed by atoms with Crippen LogP contribution in [0.4, 0.5) is 0 Å². The summed E-state index contributed by atoms with van der Waals surface area (Å²) in [4.78, 5) is 0. The highest BCUT2D eigenvalue weighted by Gasteiger charge is 2.06. The molecule has 0 amide bonds. The Hall–Kier alpha value is -0.0800. The summed E-state index contributed by atoms with van der Waals surface area (Å²) in [6.45, 7) is 6.47. The smallest absolute Gasteiger partial charge is 0.0462 e. The normalized spacial score (nSPS) is 12.8. The van der Waals surface area contributed by atoms with Crippen molar-refractivity contribution in [1.82, 2.24) is 5.32 Å². The zero-order chi connectivity index (χ0) is 13.5. The summed E-state index contributed by atoms with van der Waals surface area (Å²) in [7, 11) is 1.79. The quantitative estimate of drug-likeness (QED) is 0.462. The molecule has 1 unspecified atom stereocenters. The topological polar surface area (TPSA) is 21.3 Å². The van der Waals surface area contributed by atoms with Gasteiger partial charge in [0.15, 0.2) is 0 Å². The van der Waals surface area contributed by atoms with E-state index in [9.17, 15) is 0 Å². The van der Waals surface area contributed by atoms with Crippen LogP contribution in [0.25, 0.3) is 0 Å². The lowest BCUT2D eigenvalue weighted by Crippen LogP contribution is -2.29. The van der Waals surface area contributed by atoms with Gasteiger partial charge in [-0.2, -0.15) is 0 Å². The summed E-state index contributed by atoms with van der Waals surface area (Å²) >= 11 is 0. The third kappa shape index (κ3) is 12.4. The van der Waals surface area contributed by atoms with Gasteiger partial charge in [0.25, 0.3) is 0 Å². The minimum Gasteiger partial charge on any atom is -0.385 e. The van der Waals surface area contributed by atoms with Crippen molar-refractivity contribution in [3.8, 4) is 0 Å². The van der Waals surface area contributed by atoms with Gasteiger partial charge in [-0.25, -0.2) is 0 Å². The first-order valence-corrected chi connectivity index (χ1v) is 8.07. The number of methoxy groups -OCH3 is 1. The summed E-state index contributed by atoms with van der Waals surface area (Å²) in [5, 5.41) is 3.60. The van der Waals surface area contributed by atoms with E-state index in [-0.39, 0.29) is 0 Å². The molecule has 0 saturated heterocycles. The predicted molar refractivity (Wildman–Crippen MR) is 81.2 cm³/mol. The molecule has 1 atom stereocenters. The molecule has 0 aliphatic heterocycles. The predicted octanol–water partition coefficient (Wildman–Crippen LogP) is 4.53. The minimum atomic E-state index is 0.709. The van der Waals surface area contributed by atoms with Crippen LogP contribution in [-0.2, 0) is 4.74 Å². The molecule has 2 nitrogen and oxygen atoms in total. The van der Waals surface area contributed by atoms with E-state index >= 15 is 0 Å². The van der Waals surface area contributed by atoms with Crippen molar-refractivity contribution >= 4 is 0 Å². The van der Waals surface area contributed by atoms with E-state index in [4.69, 9.17) is 4.74 Å². The van der Waals surface area contributed by atoms with E-state index in [2.05, 4.69) is 19.2 Å². The highest BCUT2D eigenvalue weighted by Crippen LogP contribution is 2.12. The van der Waals surface area contributed by atoms with Gasteiger partial charge >= 0.3 is 0 Å². The molecule has 0 fully saturated rings. The van der Waals surface area contributed by atoms with Crippen molar-refractivity contribution in [2.75, 3.05) is 20.3 Å². The Morgan fingerprint density at radius 1 is 0.833 bits per heavy atom. The number of ether oxygens (including phenoxy) is 1. The average Bonchev–Trinajstić information content (AvgIpc) is 2.38. The van der Waals surface area contributed by atoms with E-state index in [0.29, 0.717) is 6.04 Å². The maximum atomic E-state index is 5.12. The van der Waals surface area contributed by atoms with Crippen molar-refractivity contribution in [3.05, 3.63) is 0 Å². The molecule has 0 aromatic carbocycles. The maximum Gasteiger partial charge on any atom is 0.0462 e. The van der Waals surface area contributed by atoms with Gasteiger partial charge in [0.1, 0.15) is 0 Å². The molecular weight excluding hydrogens is 222 g/mol. The van der Waals surface area contributed by atoms with Crippen molar-refractivity contribution in [1.29, 1.82) is 0 Å². The largest absolute Gasteiger partial charge is 0.385 e. The summed E-state index contributed by atoms with van der Waals surface area (Å²) in [5.41, 5.74) is 0. The molecule has 110 valence electrons. The van der Waals surface area contributed by atoms with E-state index in [1.807, 2.05) is 0 Å². The molecule has 0 heterocycles. The van der Waals surface area contributed by atoms with Gasteiger partial charge in [0.05, 0.1) is 0 Å². The molecule has 0 radical (unpaired) electrons. The second kappa shape index (κ2) is 15.0. The Morgan fingerprint density at radius 2 is 1.44 bits per heavy atom. The van der Waals surface area contributed by atoms with Crippen LogP contribution in [0.1, 0.15) is 78.1 Å². The molecule has 0 spiro atoms. The fourth-order valence-corrected chi connectivity index (χ4v) is 2.46. The van der Waals surface area contributed by atoms with Crippen LogP contribution in [0.3, 0.4) is 0 Å². The SMILES string of the molecule is CCCCCCCCCC(CCCOC)NCC. The van der Waals surface area contributed by atoms with Crippen molar-refractivity contribution in [3.63, 3.8) is 0 Å². The van der Waals surface area contributed by atoms with Crippen molar-refractivity contribution in [2.24, 2.45) is 0 Å². The monoisotopic (exact) mass is 257 g/mol. The number of rotatable bonds is 14. The molecule has 0 rings (SSSR count). The zero-order valence-corrected chi connectivity index (χ0v) is 13.0. The third-order valence-corrected chi connectivity index (χ3v) is 3.55. The Bertz CT molecular complexity index is 150. The summed E-state index contributed by atoms with van der Waals surface area (Å²) < 4.78 is 5.12. The lowest BCUT2D eigenvalue weighted by Gasteiger charge is -2.17. The lowest BCUT2D eigenvalue weighted by molar-refractivity contribution is 0.188. The molecule has 0 aliphatic rings. The average molecular weight is 257 g/mol. The van der Waals surface area contributed by atoms with Crippen LogP contribution >= 0.6 is 0 Å². The van der Waals surface area contributed by atoms with Gasteiger partial charge in [0, 0.05) is 19.8 Å². The highest BCUT2D eigenvalue weighted by molar-refractivity contribution is 4.66. The molecule has 0 aromatic rings. The first-order valence-electron chi connectivity index (χ1n) is 8.07. The molecule has 0 aliphatic carbocycles. The molecule has 2 heteroatoms. The standard InChI is InChI=1S/C16H35NO/c1-4-6-7-8-9-10-11-13-16(17-5-2)14-12-15-18-3/h16-17H,4-15H2,1-3H3. The summed E-state index contributed by atoms with van der Waals surface area (Å²) in [5.74, 6) is 0. The second-order valence-electron chi connectivity index (χ2n) is 5.30. The zero-order valence-electron chi connectivity index (χ0n) is 13.0. The van der Waals surface area contributed by atoms with Crippen LogP contribution in [-0.4, -0.2) is 26.3 Å². The van der Waals surface area contributed by atoms with Gasteiger partial charge in [-0.3, -0.25) is 0 Å². The Labute approximate surface area is 115 Å². The molecule has 0 aromatic heterocycles. The van der Waals surface area contributed by atoms with Crippen LogP contribution in [0.2, 0.25) is 0 Å². The fraction of sp³-hybridized carbons (Fsp3) is 1.00. The first-order chi connectivity index (χ1) is 8.85. The van der Waals surface area contributed by atoms with E-state index < -0.39 is 0 Å². The van der Waals surface area contributed by atoms with Gasteiger partial charge < -0.3 is 10.1 Å². The van der Waals surface area contributed by atoms with Crippen LogP contribution in [0, 0.1) is 0 Å². The van der Waals surface area contributed by atoms with Crippen LogP contribution in [0.15, 0.2) is 0 Å². The third-order valence-electron chi connectivity index (χ3n) is 3.55. The summed E-state index contributed by atoms with van der Waals surface area (Å²) in [6, 6.07) is 0.709. The Balaban J connectivity index is 3.39. The van der Waals surface area contributed by atoms with Gasteiger partial charge in [-0.1, -0.05) is 58.8 Å². The molecule has 0 bridgehead atoms. The van der Waals surface area contributed by atoms with Crippen LogP contribution < -0.4 is 5.32 Å². The van der Waals surface area contributed by atoms with Crippen LogP contribution in [0.5, 0.6) is 0 Å². The van der Waals surface area contributed by atoms with E-state index in [1.54, 1.807) is 7.11 Å². The van der Waals surface area contributed by atoms with Gasteiger partial charge in [0.2, 0.25) is 0 Å². The molecular formula is C16H35NO. The van der Waals surface area contributed by atoms with Gasteiger partial charge in [-0.05, 0) is 25.8 Å². The number of nitrogens with one attached hydrogen (secondary N) is 1. The number of hydrogen-bond donors (Lipinski definition) is 1. The van der Waals surface area contributed by atoms with E-state index in [1.165, 1.54) is 64.2 Å². The fourth-order valence-electron chi connectivity index (χ4n) is 2.46. The van der Waals surface area contributed by atoms with Crippen molar-refractivity contribution in [2.45, 2.75) is 84.1 Å². The number of unbranched alkanes of at least 4 members (excludes halogenated alkanes) is 6. The molecule has 18 heavy (non-hydrogen) atoms. The van der Waals surface area contributed by atoms with E-state index in [0.717, 1.165) is 13.2 Å². The molecule has 0 saturated carbocycles. The van der Waals surface area contributed by atoms with Gasteiger partial charge in [-0.15, -0.1) is 0 Å².